The minimum Gasteiger partial charge on any atom is -0.309 e. The van der Waals surface area contributed by atoms with Crippen molar-refractivity contribution in [2.24, 2.45) is 0 Å². The van der Waals surface area contributed by atoms with Gasteiger partial charge in [0.15, 0.2) is 0 Å². The molecule has 0 radical (unpaired) electrons. The molecule has 9 aromatic carbocycles. The molecule has 0 aliphatic heterocycles. The van der Waals surface area contributed by atoms with E-state index < -0.39 is 0 Å². The van der Waals surface area contributed by atoms with E-state index in [2.05, 4.69) is 234 Å². The normalized spacial score (nSPS) is 11.8. The van der Waals surface area contributed by atoms with Gasteiger partial charge in [-0.15, -0.1) is 0 Å². The highest BCUT2D eigenvalue weighted by atomic mass is 15.0. The van der Waals surface area contributed by atoms with Crippen LogP contribution in [-0.4, -0.2) is 9.55 Å². The summed E-state index contributed by atoms with van der Waals surface area (Å²) in [5.74, 6) is 0. The summed E-state index contributed by atoms with van der Waals surface area (Å²) in [6, 6.07) is 73.0. The number of pyridine rings is 1. The smallest absolute Gasteiger partial charge is 0.0614 e. The molecule has 2 heterocycles. The molecule has 0 aliphatic carbocycles. The van der Waals surface area contributed by atoms with E-state index in [1.165, 1.54) is 88.1 Å². The molecule has 0 amide bonds. The fourth-order valence-corrected chi connectivity index (χ4v) is 9.35. The van der Waals surface area contributed by atoms with Crippen molar-refractivity contribution in [3.8, 4) is 61.3 Å². The van der Waals surface area contributed by atoms with E-state index in [1.54, 1.807) is 0 Å². The Bertz CT molecular complexity index is 3490. The Morgan fingerprint density at radius 1 is 0.387 bits per heavy atom. The maximum absolute atomic E-state index is 4.57. The average molecular weight is 791 g/mol. The second kappa shape index (κ2) is 15.8. The van der Waals surface area contributed by atoms with Crippen molar-refractivity contribution in [3.05, 3.63) is 236 Å². The van der Waals surface area contributed by atoms with Crippen LogP contribution in [0.25, 0.3) is 111 Å². The molecule has 2 aromatic heterocycles. The maximum atomic E-state index is 4.57. The van der Waals surface area contributed by atoms with Crippen molar-refractivity contribution >= 4 is 49.4 Å². The number of allylic oxidation sites excluding steroid dienone is 3. The Balaban J connectivity index is 1.01. The van der Waals surface area contributed by atoms with Crippen LogP contribution in [0, 0.1) is 0 Å². The van der Waals surface area contributed by atoms with Gasteiger partial charge in [-0.1, -0.05) is 182 Å². The average Bonchev–Trinajstić information content (AvgIpc) is 3.68. The molecule has 11 aromatic rings. The minimum absolute atomic E-state index is 1.13. The largest absolute Gasteiger partial charge is 0.309 e. The van der Waals surface area contributed by atoms with E-state index in [0.717, 1.165) is 22.2 Å². The minimum atomic E-state index is 1.13. The Morgan fingerprint density at radius 2 is 0.919 bits per heavy atom. The molecule has 0 spiro atoms. The monoisotopic (exact) mass is 790 g/mol. The van der Waals surface area contributed by atoms with Gasteiger partial charge < -0.3 is 4.57 Å². The molecule has 0 unspecified atom stereocenters. The number of hydrogen-bond acceptors (Lipinski definition) is 1. The summed E-state index contributed by atoms with van der Waals surface area (Å²) in [5.41, 5.74) is 16.7. The fraction of sp³-hybridized carbons (Fsp3) is 0.0167. The number of hydrogen-bond donors (Lipinski definition) is 0. The molecule has 0 saturated heterocycles. The zero-order valence-electron chi connectivity index (χ0n) is 34.4. The summed E-state index contributed by atoms with van der Waals surface area (Å²) in [6.07, 6.45) is 12.4. The third-order valence-electron chi connectivity index (χ3n) is 12.2. The molecule has 2 heteroatoms. The van der Waals surface area contributed by atoms with Crippen molar-refractivity contribution in [2.45, 2.75) is 6.92 Å². The van der Waals surface area contributed by atoms with E-state index in [9.17, 15) is 0 Å². The van der Waals surface area contributed by atoms with Crippen LogP contribution in [0.15, 0.2) is 231 Å². The number of para-hydroxylation sites is 1. The third kappa shape index (κ3) is 6.50. The maximum Gasteiger partial charge on any atom is 0.0614 e. The first-order chi connectivity index (χ1) is 30.7. The number of rotatable bonds is 8. The summed E-state index contributed by atoms with van der Waals surface area (Å²) in [6.45, 7) is 2.05. The zero-order chi connectivity index (χ0) is 41.4. The van der Waals surface area contributed by atoms with Crippen LogP contribution >= 0.6 is 0 Å². The lowest BCUT2D eigenvalue weighted by atomic mass is 9.85. The number of nitrogens with zero attached hydrogens (tertiary/aromatic N) is 2. The van der Waals surface area contributed by atoms with Crippen LogP contribution in [0.1, 0.15) is 12.5 Å². The van der Waals surface area contributed by atoms with Crippen LogP contribution < -0.4 is 0 Å². The molecule has 0 atom stereocenters. The van der Waals surface area contributed by atoms with E-state index >= 15 is 0 Å². The summed E-state index contributed by atoms with van der Waals surface area (Å²) < 4.78 is 2.37. The topological polar surface area (TPSA) is 17.8 Å². The van der Waals surface area contributed by atoms with Gasteiger partial charge in [-0.3, -0.25) is 4.98 Å². The lowest BCUT2D eigenvalue weighted by Gasteiger charge is -2.19. The molecule has 0 N–H and O–H groups in total. The molecule has 62 heavy (non-hydrogen) atoms. The molecule has 0 bridgehead atoms. The summed E-state index contributed by atoms with van der Waals surface area (Å²) in [4.78, 5) is 4.57. The summed E-state index contributed by atoms with van der Waals surface area (Å²) in [7, 11) is 0. The summed E-state index contributed by atoms with van der Waals surface area (Å²) in [5, 5.41) is 7.34. The Kier molecular flexibility index (Phi) is 9.44. The van der Waals surface area contributed by atoms with Gasteiger partial charge in [0.1, 0.15) is 0 Å². The molecule has 0 aliphatic rings. The van der Waals surface area contributed by atoms with Crippen LogP contribution in [0.5, 0.6) is 0 Å². The van der Waals surface area contributed by atoms with Crippen LogP contribution in [0.2, 0.25) is 0 Å². The van der Waals surface area contributed by atoms with E-state index in [-0.39, 0.29) is 0 Å². The van der Waals surface area contributed by atoms with Gasteiger partial charge in [0.05, 0.1) is 11.0 Å². The first-order valence-electron chi connectivity index (χ1n) is 21.3. The molecular formula is C60H42N2. The molecule has 0 saturated carbocycles. The number of aromatic nitrogens is 2. The second-order valence-corrected chi connectivity index (χ2v) is 15.9. The lowest BCUT2D eigenvalue weighted by molar-refractivity contribution is 1.17. The predicted molar refractivity (Wildman–Crippen MR) is 265 cm³/mol. The van der Waals surface area contributed by atoms with Crippen LogP contribution in [0.3, 0.4) is 0 Å². The first kappa shape index (κ1) is 37.0. The number of fused-ring (bicyclic) bond motifs is 5. The lowest BCUT2D eigenvalue weighted by Crippen LogP contribution is -1.95. The Morgan fingerprint density at radius 3 is 1.60 bits per heavy atom. The zero-order valence-corrected chi connectivity index (χ0v) is 34.4. The van der Waals surface area contributed by atoms with Gasteiger partial charge >= 0.3 is 0 Å². The van der Waals surface area contributed by atoms with Gasteiger partial charge in [-0.05, 0) is 132 Å². The molecular weight excluding hydrogens is 749 g/mol. The Hall–Kier alpha value is -8.07. The van der Waals surface area contributed by atoms with E-state index in [1.807, 2.05) is 19.3 Å². The molecule has 0 fully saturated rings. The number of benzene rings is 9. The van der Waals surface area contributed by atoms with Crippen molar-refractivity contribution in [1.29, 1.82) is 0 Å². The highest BCUT2D eigenvalue weighted by Crippen LogP contribution is 2.45. The Labute approximate surface area is 362 Å². The fourth-order valence-electron chi connectivity index (χ4n) is 9.35. The van der Waals surface area contributed by atoms with Crippen molar-refractivity contribution in [3.63, 3.8) is 0 Å². The molecule has 11 rings (SSSR count). The van der Waals surface area contributed by atoms with E-state index in [4.69, 9.17) is 0 Å². The van der Waals surface area contributed by atoms with Gasteiger partial charge in [-0.25, -0.2) is 0 Å². The highest BCUT2D eigenvalue weighted by Gasteiger charge is 2.19. The molecule has 292 valence electrons. The van der Waals surface area contributed by atoms with Crippen LogP contribution in [0.4, 0.5) is 0 Å². The van der Waals surface area contributed by atoms with E-state index in [0.29, 0.717) is 0 Å². The molecule has 2 nitrogen and oxygen atoms in total. The predicted octanol–water partition coefficient (Wildman–Crippen LogP) is 16.4. The quantitative estimate of drug-likeness (QED) is 0.111. The van der Waals surface area contributed by atoms with Gasteiger partial charge in [0.25, 0.3) is 0 Å². The third-order valence-corrected chi connectivity index (χ3v) is 12.2. The highest BCUT2D eigenvalue weighted by molar-refractivity contribution is 6.22. The first-order valence-corrected chi connectivity index (χ1v) is 21.3. The van der Waals surface area contributed by atoms with Gasteiger partial charge in [0.2, 0.25) is 0 Å². The standard InChI is InChI=1S/C60H42N2/c1-2-3-7-21-48-37-49(39-55-56-40-61-35-34-57(56)62(60(48)55)50-24-12-6-13-25-50)42-30-28-41(29-31-42)45-22-16-23-46(36-45)47-32-33-53-54(38-47)59(44-19-10-5-11-20-44)52-27-15-14-26-51(52)58(53)43-17-8-4-9-18-43/h2-40H,1H3/b3-2-,21-7-. The van der Waals surface area contributed by atoms with Gasteiger partial charge in [0, 0.05) is 28.9 Å². The second-order valence-electron chi connectivity index (χ2n) is 15.9. The van der Waals surface area contributed by atoms with Crippen molar-refractivity contribution in [1.82, 2.24) is 9.55 Å². The van der Waals surface area contributed by atoms with Gasteiger partial charge in [-0.2, -0.15) is 0 Å². The van der Waals surface area contributed by atoms with Crippen molar-refractivity contribution in [2.75, 3.05) is 0 Å². The van der Waals surface area contributed by atoms with Crippen molar-refractivity contribution < 1.29 is 0 Å². The SMILES string of the molecule is C/C=C\C=C/c1cc(-c2ccc(-c3cccc(-c4ccc5c(-c6ccccc6)c6ccccc6c(-c6ccccc6)c5c4)c3)cc2)cc2c3cnccc3n(-c3ccccc3)c12. The van der Waals surface area contributed by atoms with Crippen LogP contribution in [-0.2, 0) is 0 Å². The summed E-state index contributed by atoms with van der Waals surface area (Å²) >= 11 is 0.